The first-order chi connectivity index (χ1) is 8.33. The molecule has 17 heavy (non-hydrogen) atoms. The third-order valence-electron chi connectivity index (χ3n) is 2.11. The Morgan fingerprint density at radius 1 is 0.882 bits per heavy atom. The van der Waals surface area contributed by atoms with E-state index in [4.69, 9.17) is 14.2 Å². The zero-order valence-electron chi connectivity index (χ0n) is 10.2. The summed E-state index contributed by atoms with van der Waals surface area (Å²) in [6, 6.07) is 7.86. The first kappa shape index (κ1) is 13.9. The van der Waals surface area contributed by atoms with Crippen LogP contribution in [0.1, 0.15) is 5.56 Å². The summed E-state index contributed by atoms with van der Waals surface area (Å²) in [7, 11) is 0. The zero-order valence-corrected chi connectivity index (χ0v) is 10.2. The van der Waals surface area contributed by atoms with Gasteiger partial charge in [-0.05, 0) is 19.1 Å². The van der Waals surface area contributed by atoms with Crippen LogP contribution in [0.15, 0.2) is 24.3 Å². The van der Waals surface area contributed by atoms with Gasteiger partial charge >= 0.3 is 0 Å². The van der Waals surface area contributed by atoms with Gasteiger partial charge in [0, 0.05) is 0 Å². The summed E-state index contributed by atoms with van der Waals surface area (Å²) >= 11 is 0. The van der Waals surface area contributed by atoms with Gasteiger partial charge in [0.2, 0.25) is 0 Å². The fourth-order valence-electron chi connectivity index (χ4n) is 1.23. The minimum atomic E-state index is -0.448. The molecule has 1 rings (SSSR count). The Balaban J connectivity index is 1.95. The van der Waals surface area contributed by atoms with Crippen LogP contribution in [0.2, 0.25) is 0 Å². The first-order valence-corrected chi connectivity index (χ1v) is 5.74. The fraction of sp³-hybridized carbons (Fsp3) is 0.538. The molecule has 0 N–H and O–H groups in total. The van der Waals surface area contributed by atoms with E-state index in [1.54, 1.807) is 0 Å². The molecule has 0 saturated carbocycles. The highest BCUT2D eigenvalue weighted by Crippen LogP contribution is 2.10. The van der Waals surface area contributed by atoms with Crippen LogP contribution in [0.25, 0.3) is 0 Å². The Morgan fingerprint density at radius 3 is 2.12 bits per heavy atom. The number of benzene rings is 1. The third-order valence-corrected chi connectivity index (χ3v) is 2.11. The van der Waals surface area contributed by atoms with Crippen molar-refractivity contribution in [2.75, 3.05) is 39.7 Å². The van der Waals surface area contributed by atoms with E-state index in [9.17, 15) is 4.39 Å². The highest BCUT2D eigenvalue weighted by atomic mass is 19.1. The average molecular weight is 242 g/mol. The monoisotopic (exact) mass is 242 g/mol. The fourth-order valence-corrected chi connectivity index (χ4v) is 1.23. The summed E-state index contributed by atoms with van der Waals surface area (Å²) in [4.78, 5) is 0. The van der Waals surface area contributed by atoms with Crippen molar-refractivity contribution < 1.29 is 18.6 Å². The normalized spacial score (nSPS) is 10.5. The summed E-state index contributed by atoms with van der Waals surface area (Å²) in [6.07, 6.45) is 0. The second-order valence-electron chi connectivity index (χ2n) is 3.58. The Kier molecular flexibility index (Phi) is 7.34. The first-order valence-electron chi connectivity index (χ1n) is 5.74. The number of rotatable bonds is 9. The van der Waals surface area contributed by atoms with Gasteiger partial charge < -0.3 is 14.2 Å². The lowest BCUT2D eigenvalue weighted by molar-refractivity contribution is 0.0325. The van der Waals surface area contributed by atoms with Crippen molar-refractivity contribution in [2.45, 2.75) is 6.92 Å². The second kappa shape index (κ2) is 8.96. The van der Waals surface area contributed by atoms with Crippen LogP contribution in [-0.2, 0) is 9.47 Å². The molecule has 3 nitrogen and oxygen atoms in total. The molecule has 4 heteroatoms. The molecule has 0 radical (unpaired) electrons. The molecule has 1 aromatic carbocycles. The molecule has 0 aliphatic carbocycles. The molecular weight excluding hydrogens is 223 g/mol. The van der Waals surface area contributed by atoms with E-state index < -0.39 is 6.67 Å². The molecule has 0 unspecified atom stereocenters. The standard InChI is InChI=1S/C13H19FO3/c1-12-2-4-13(5-3-12)17-11-10-16-9-8-15-7-6-14/h2-5H,6-11H2,1H3. The maximum absolute atomic E-state index is 11.7. The van der Waals surface area contributed by atoms with E-state index in [0.29, 0.717) is 26.4 Å². The van der Waals surface area contributed by atoms with Gasteiger partial charge in [0.05, 0.1) is 26.4 Å². The lowest BCUT2D eigenvalue weighted by Gasteiger charge is -2.07. The van der Waals surface area contributed by atoms with Crippen molar-refractivity contribution in [3.8, 4) is 5.75 Å². The van der Waals surface area contributed by atoms with Gasteiger partial charge in [-0.15, -0.1) is 0 Å². The molecule has 0 saturated heterocycles. The average Bonchev–Trinajstić information content (AvgIpc) is 2.35. The Bertz CT molecular complexity index is 287. The van der Waals surface area contributed by atoms with E-state index in [0.717, 1.165) is 5.75 Å². The van der Waals surface area contributed by atoms with Crippen molar-refractivity contribution in [2.24, 2.45) is 0 Å². The number of alkyl halides is 1. The molecule has 0 amide bonds. The largest absolute Gasteiger partial charge is 0.491 e. The van der Waals surface area contributed by atoms with Crippen LogP contribution >= 0.6 is 0 Å². The SMILES string of the molecule is Cc1ccc(OCCOCCOCCF)cc1. The molecule has 0 aliphatic rings. The van der Waals surface area contributed by atoms with Crippen molar-refractivity contribution >= 4 is 0 Å². The third kappa shape index (κ3) is 6.92. The lowest BCUT2D eigenvalue weighted by atomic mass is 10.2. The van der Waals surface area contributed by atoms with Gasteiger partial charge in [-0.1, -0.05) is 17.7 Å². The van der Waals surface area contributed by atoms with E-state index in [1.807, 2.05) is 31.2 Å². The highest BCUT2D eigenvalue weighted by Gasteiger charge is 1.94. The van der Waals surface area contributed by atoms with E-state index in [2.05, 4.69) is 0 Å². The van der Waals surface area contributed by atoms with Gasteiger partial charge in [-0.3, -0.25) is 0 Å². The highest BCUT2D eigenvalue weighted by molar-refractivity contribution is 5.26. The number of hydrogen-bond donors (Lipinski definition) is 0. The van der Waals surface area contributed by atoms with Crippen molar-refractivity contribution in [3.05, 3.63) is 29.8 Å². The molecule has 0 atom stereocenters. The smallest absolute Gasteiger partial charge is 0.119 e. The number of halogens is 1. The minimum absolute atomic E-state index is 0.142. The van der Waals surface area contributed by atoms with Gasteiger partial charge in [0.1, 0.15) is 19.0 Å². The maximum atomic E-state index is 11.7. The quantitative estimate of drug-likeness (QED) is 0.622. The Hall–Kier alpha value is -1.13. The topological polar surface area (TPSA) is 27.7 Å². The molecule has 96 valence electrons. The number of aryl methyl sites for hydroxylation is 1. The molecule has 1 aromatic rings. The minimum Gasteiger partial charge on any atom is -0.491 e. The van der Waals surface area contributed by atoms with Crippen molar-refractivity contribution in [3.63, 3.8) is 0 Å². The Labute approximate surface area is 101 Å². The van der Waals surface area contributed by atoms with E-state index >= 15 is 0 Å². The van der Waals surface area contributed by atoms with Crippen LogP contribution < -0.4 is 4.74 Å². The summed E-state index contributed by atoms with van der Waals surface area (Å²) in [5.41, 5.74) is 1.21. The molecular formula is C13H19FO3. The van der Waals surface area contributed by atoms with Crippen LogP contribution in [0.3, 0.4) is 0 Å². The second-order valence-corrected chi connectivity index (χ2v) is 3.58. The molecule has 0 heterocycles. The number of ether oxygens (including phenoxy) is 3. The predicted molar refractivity (Wildman–Crippen MR) is 64.3 cm³/mol. The van der Waals surface area contributed by atoms with E-state index in [-0.39, 0.29) is 6.61 Å². The predicted octanol–water partition coefficient (Wildman–Crippen LogP) is 2.38. The molecule has 0 spiro atoms. The van der Waals surface area contributed by atoms with Crippen molar-refractivity contribution in [1.82, 2.24) is 0 Å². The molecule has 0 aromatic heterocycles. The van der Waals surface area contributed by atoms with Crippen LogP contribution in [0, 0.1) is 6.92 Å². The molecule has 0 aliphatic heterocycles. The summed E-state index contributed by atoms with van der Waals surface area (Å²) in [5.74, 6) is 0.841. The van der Waals surface area contributed by atoms with Gasteiger partial charge in [0.15, 0.2) is 0 Å². The lowest BCUT2D eigenvalue weighted by Crippen LogP contribution is -2.11. The summed E-state index contributed by atoms with van der Waals surface area (Å²) < 4.78 is 27.3. The zero-order chi connectivity index (χ0) is 12.3. The maximum Gasteiger partial charge on any atom is 0.119 e. The van der Waals surface area contributed by atoms with Gasteiger partial charge in [-0.25, -0.2) is 4.39 Å². The van der Waals surface area contributed by atoms with Gasteiger partial charge in [-0.2, -0.15) is 0 Å². The molecule has 0 bridgehead atoms. The van der Waals surface area contributed by atoms with E-state index in [1.165, 1.54) is 5.56 Å². The van der Waals surface area contributed by atoms with Crippen LogP contribution in [0.4, 0.5) is 4.39 Å². The molecule has 0 fully saturated rings. The number of hydrogen-bond acceptors (Lipinski definition) is 3. The van der Waals surface area contributed by atoms with Crippen molar-refractivity contribution in [1.29, 1.82) is 0 Å². The summed E-state index contributed by atoms with van der Waals surface area (Å²) in [5, 5.41) is 0. The summed E-state index contributed by atoms with van der Waals surface area (Å²) in [6.45, 7) is 3.63. The van der Waals surface area contributed by atoms with Crippen LogP contribution in [-0.4, -0.2) is 39.7 Å². The van der Waals surface area contributed by atoms with Gasteiger partial charge in [0.25, 0.3) is 0 Å². The Morgan fingerprint density at radius 2 is 1.47 bits per heavy atom. The van der Waals surface area contributed by atoms with Crippen LogP contribution in [0.5, 0.6) is 5.75 Å².